The highest BCUT2D eigenvalue weighted by atomic mass is 16.3. The first-order chi connectivity index (χ1) is 5.18. The smallest absolute Gasteiger partial charge is 0.0639 e. The molecule has 3 nitrogen and oxygen atoms in total. The molecule has 1 aliphatic rings. The maximum Gasteiger partial charge on any atom is 0.0639 e. The van der Waals surface area contributed by atoms with Gasteiger partial charge < -0.3 is 10.0 Å². The van der Waals surface area contributed by atoms with Crippen molar-refractivity contribution in [3.63, 3.8) is 0 Å². The molecule has 1 unspecified atom stereocenters. The highest BCUT2D eigenvalue weighted by Crippen LogP contribution is 1.99. The van der Waals surface area contributed by atoms with Crippen LogP contribution < -0.4 is 0 Å². The molecule has 1 fully saturated rings. The molecule has 0 spiro atoms. The summed E-state index contributed by atoms with van der Waals surface area (Å²) in [5.41, 5.74) is 0. The molecule has 66 valence electrons. The van der Waals surface area contributed by atoms with Crippen molar-refractivity contribution < 1.29 is 5.11 Å². The lowest BCUT2D eigenvalue weighted by Gasteiger charge is -2.32. The number of hydrogen-bond acceptors (Lipinski definition) is 3. The molecule has 0 radical (unpaired) electrons. The molecular formula is C8H18N2O. The second-order valence-corrected chi connectivity index (χ2v) is 3.45. The van der Waals surface area contributed by atoms with Gasteiger partial charge in [-0.3, -0.25) is 4.90 Å². The van der Waals surface area contributed by atoms with E-state index in [0.29, 0.717) is 0 Å². The van der Waals surface area contributed by atoms with Crippen LogP contribution in [0.25, 0.3) is 0 Å². The van der Waals surface area contributed by atoms with E-state index in [1.807, 2.05) is 6.92 Å². The molecule has 0 aromatic heterocycles. The first kappa shape index (κ1) is 8.97. The van der Waals surface area contributed by atoms with Gasteiger partial charge in [-0.15, -0.1) is 0 Å². The van der Waals surface area contributed by atoms with E-state index < -0.39 is 0 Å². The van der Waals surface area contributed by atoms with Crippen molar-refractivity contribution in [3.8, 4) is 0 Å². The Hall–Kier alpha value is -0.120. The fourth-order valence-corrected chi connectivity index (χ4v) is 1.40. The van der Waals surface area contributed by atoms with Crippen molar-refractivity contribution in [1.29, 1.82) is 0 Å². The summed E-state index contributed by atoms with van der Waals surface area (Å²) in [4.78, 5) is 4.63. The van der Waals surface area contributed by atoms with Crippen LogP contribution in [0.15, 0.2) is 0 Å². The monoisotopic (exact) mass is 158 g/mol. The van der Waals surface area contributed by atoms with Crippen LogP contribution >= 0.6 is 0 Å². The highest BCUT2D eigenvalue weighted by Gasteiger charge is 2.14. The molecule has 0 saturated carbocycles. The van der Waals surface area contributed by atoms with Gasteiger partial charge in [-0.05, 0) is 14.0 Å². The van der Waals surface area contributed by atoms with E-state index in [9.17, 15) is 0 Å². The Morgan fingerprint density at radius 2 is 1.82 bits per heavy atom. The van der Waals surface area contributed by atoms with Crippen molar-refractivity contribution in [2.75, 3.05) is 39.8 Å². The number of likely N-dealkylation sites (N-methyl/N-ethyl adjacent to an activating group) is 1. The van der Waals surface area contributed by atoms with Gasteiger partial charge in [0.05, 0.1) is 6.10 Å². The summed E-state index contributed by atoms with van der Waals surface area (Å²) >= 11 is 0. The molecule has 0 aliphatic carbocycles. The molecule has 1 saturated heterocycles. The molecule has 0 amide bonds. The third-order valence-electron chi connectivity index (χ3n) is 2.12. The minimum atomic E-state index is -0.182. The Kier molecular flexibility index (Phi) is 3.30. The first-order valence-corrected chi connectivity index (χ1v) is 4.27. The van der Waals surface area contributed by atoms with E-state index in [2.05, 4.69) is 16.8 Å². The van der Waals surface area contributed by atoms with Crippen molar-refractivity contribution in [2.45, 2.75) is 13.0 Å². The Bertz CT molecular complexity index is 109. The fraction of sp³-hybridized carbons (Fsp3) is 1.00. The average Bonchev–Trinajstić information content (AvgIpc) is 1.93. The molecule has 11 heavy (non-hydrogen) atoms. The molecule has 1 aliphatic heterocycles. The van der Waals surface area contributed by atoms with E-state index in [4.69, 9.17) is 5.11 Å². The molecule has 0 aromatic carbocycles. The zero-order valence-electron chi connectivity index (χ0n) is 7.45. The van der Waals surface area contributed by atoms with Crippen LogP contribution in [0.2, 0.25) is 0 Å². The number of aliphatic hydroxyl groups excluding tert-OH is 1. The van der Waals surface area contributed by atoms with E-state index in [0.717, 1.165) is 32.7 Å². The minimum Gasteiger partial charge on any atom is -0.392 e. The molecule has 3 heteroatoms. The third-order valence-corrected chi connectivity index (χ3v) is 2.12. The maximum absolute atomic E-state index is 9.12. The molecule has 1 rings (SSSR count). The van der Waals surface area contributed by atoms with Crippen LogP contribution in [0.1, 0.15) is 6.92 Å². The minimum absolute atomic E-state index is 0.182. The highest BCUT2D eigenvalue weighted by molar-refractivity contribution is 4.70. The molecule has 0 bridgehead atoms. The Morgan fingerprint density at radius 3 is 2.27 bits per heavy atom. The van der Waals surface area contributed by atoms with Crippen LogP contribution in [-0.2, 0) is 0 Å². The van der Waals surface area contributed by atoms with Gasteiger partial charge in [0.1, 0.15) is 0 Å². The van der Waals surface area contributed by atoms with E-state index in [-0.39, 0.29) is 6.10 Å². The van der Waals surface area contributed by atoms with E-state index in [1.54, 1.807) is 0 Å². The summed E-state index contributed by atoms with van der Waals surface area (Å²) in [6.45, 7) is 7.13. The predicted molar refractivity (Wildman–Crippen MR) is 45.6 cm³/mol. The van der Waals surface area contributed by atoms with Crippen LogP contribution in [0.5, 0.6) is 0 Å². The van der Waals surface area contributed by atoms with Crippen molar-refractivity contribution in [1.82, 2.24) is 9.80 Å². The molecule has 0 aromatic rings. The van der Waals surface area contributed by atoms with E-state index in [1.165, 1.54) is 0 Å². The van der Waals surface area contributed by atoms with Gasteiger partial charge in [0.15, 0.2) is 0 Å². The standard InChI is InChI=1S/C8H18N2O/c1-8(11)7-10-5-3-9(2)4-6-10/h8,11H,3-7H2,1-2H3. The van der Waals surface area contributed by atoms with Crippen LogP contribution in [0, 0.1) is 0 Å². The quantitative estimate of drug-likeness (QED) is 0.593. The zero-order valence-corrected chi connectivity index (χ0v) is 7.45. The fourth-order valence-electron chi connectivity index (χ4n) is 1.40. The first-order valence-electron chi connectivity index (χ1n) is 4.27. The second-order valence-electron chi connectivity index (χ2n) is 3.45. The van der Waals surface area contributed by atoms with Gasteiger partial charge in [-0.25, -0.2) is 0 Å². The second kappa shape index (κ2) is 4.04. The van der Waals surface area contributed by atoms with Gasteiger partial charge in [-0.2, -0.15) is 0 Å². The van der Waals surface area contributed by atoms with Crippen molar-refractivity contribution in [3.05, 3.63) is 0 Å². The van der Waals surface area contributed by atoms with Crippen molar-refractivity contribution in [2.24, 2.45) is 0 Å². The van der Waals surface area contributed by atoms with Crippen LogP contribution in [0.3, 0.4) is 0 Å². The normalized spacial score (nSPS) is 25.4. The number of rotatable bonds is 2. The number of nitrogens with zero attached hydrogens (tertiary/aromatic N) is 2. The largest absolute Gasteiger partial charge is 0.392 e. The Labute approximate surface area is 68.6 Å². The number of piperazine rings is 1. The van der Waals surface area contributed by atoms with Crippen molar-refractivity contribution >= 4 is 0 Å². The maximum atomic E-state index is 9.12. The molecule has 1 N–H and O–H groups in total. The van der Waals surface area contributed by atoms with Crippen LogP contribution in [0.4, 0.5) is 0 Å². The predicted octanol–water partition coefficient (Wildman–Crippen LogP) is -0.385. The average molecular weight is 158 g/mol. The lowest BCUT2D eigenvalue weighted by Crippen LogP contribution is -2.46. The molecular weight excluding hydrogens is 140 g/mol. The molecule has 1 heterocycles. The number of β-amino-alcohol motifs (C(OH)–C–C–N with tert-alkyl or cyclic N) is 1. The number of aliphatic hydroxyl groups is 1. The Morgan fingerprint density at radius 1 is 1.27 bits per heavy atom. The van der Waals surface area contributed by atoms with Gasteiger partial charge in [-0.1, -0.05) is 0 Å². The lowest BCUT2D eigenvalue weighted by molar-refractivity contribution is 0.0899. The van der Waals surface area contributed by atoms with Gasteiger partial charge in [0.2, 0.25) is 0 Å². The van der Waals surface area contributed by atoms with E-state index >= 15 is 0 Å². The summed E-state index contributed by atoms with van der Waals surface area (Å²) in [5, 5.41) is 9.12. The summed E-state index contributed by atoms with van der Waals surface area (Å²) in [7, 11) is 2.14. The zero-order chi connectivity index (χ0) is 8.27. The third kappa shape index (κ3) is 3.18. The SMILES string of the molecule is CC(O)CN1CCN(C)CC1. The Balaban J connectivity index is 2.17. The van der Waals surface area contributed by atoms with Crippen LogP contribution in [-0.4, -0.2) is 60.8 Å². The summed E-state index contributed by atoms with van der Waals surface area (Å²) < 4.78 is 0. The number of hydrogen-bond donors (Lipinski definition) is 1. The van der Waals surface area contributed by atoms with Gasteiger partial charge >= 0.3 is 0 Å². The lowest BCUT2D eigenvalue weighted by atomic mass is 10.3. The summed E-state index contributed by atoms with van der Waals surface area (Å²) in [5.74, 6) is 0. The van der Waals surface area contributed by atoms with Gasteiger partial charge in [0.25, 0.3) is 0 Å². The molecule has 1 atom stereocenters. The van der Waals surface area contributed by atoms with Gasteiger partial charge in [0, 0.05) is 32.7 Å². The topological polar surface area (TPSA) is 26.7 Å². The summed E-state index contributed by atoms with van der Waals surface area (Å²) in [6, 6.07) is 0. The summed E-state index contributed by atoms with van der Waals surface area (Å²) in [6.07, 6.45) is -0.182.